The Morgan fingerprint density at radius 1 is 1.39 bits per heavy atom. The lowest BCUT2D eigenvalue weighted by molar-refractivity contribution is -0.137. The van der Waals surface area contributed by atoms with E-state index in [-0.39, 0.29) is 5.91 Å². The van der Waals surface area contributed by atoms with Gasteiger partial charge in [-0.15, -0.1) is 0 Å². The predicted molar refractivity (Wildman–Crippen MR) is 70.2 cm³/mol. The SMILES string of the molecule is CC(Nc1cc(C(=O)N(C)C)ccc1Cl)C(=O)O. The Labute approximate surface area is 110 Å². The zero-order chi connectivity index (χ0) is 13.9. The Hall–Kier alpha value is -1.75. The number of halogens is 1. The molecule has 0 fully saturated rings. The number of nitrogens with zero attached hydrogens (tertiary/aromatic N) is 1. The third kappa shape index (κ3) is 3.37. The summed E-state index contributed by atoms with van der Waals surface area (Å²) in [6, 6.07) is 3.92. The van der Waals surface area contributed by atoms with Gasteiger partial charge < -0.3 is 15.3 Å². The molecule has 0 saturated carbocycles. The minimum atomic E-state index is -0.990. The van der Waals surface area contributed by atoms with Crippen LogP contribution in [0.1, 0.15) is 17.3 Å². The second-order valence-corrected chi connectivity index (χ2v) is 4.51. The largest absolute Gasteiger partial charge is 0.480 e. The lowest BCUT2D eigenvalue weighted by Gasteiger charge is -2.15. The number of benzene rings is 1. The number of carboxylic acids is 1. The molecular formula is C12H15ClN2O3. The van der Waals surface area contributed by atoms with Crippen LogP contribution in [0.25, 0.3) is 0 Å². The Morgan fingerprint density at radius 3 is 2.50 bits per heavy atom. The predicted octanol–water partition coefficient (Wildman–Crippen LogP) is 1.93. The van der Waals surface area contributed by atoms with E-state index in [2.05, 4.69) is 5.32 Å². The number of anilines is 1. The molecule has 1 amide bonds. The molecule has 0 heterocycles. The quantitative estimate of drug-likeness (QED) is 0.877. The van der Waals surface area contributed by atoms with Gasteiger partial charge in [-0.2, -0.15) is 0 Å². The third-order valence-electron chi connectivity index (χ3n) is 2.36. The number of amides is 1. The molecule has 1 aromatic carbocycles. The maximum Gasteiger partial charge on any atom is 0.325 e. The molecule has 1 rings (SSSR count). The molecule has 98 valence electrons. The maximum absolute atomic E-state index is 11.8. The first kappa shape index (κ1) is 14.3. The summed E-state index contributed by atoms with van der Waals surface area (Å²) in [6.45, 7) is 1.50. The summed E-state index contributed by atoms with van der Waals surface area (Å²) >= 11 is 5.95. The van der Waals surface area contributed by atoms with Crippen molar-refractivity contribution in [3.8, 4) is 0 Å². The fraction of sp³-hybridized carbons (Fsp3) is 0.333. The van der Waals surface area contributed by atoms with Crippen LogP contribution in [0, 0.1) is 0 Å². The first-order valence-corrected chi connectivity index (χ1v) is 5.71. The molecule has 0 aliphatic carbocycles. The molecule has 18 heavy (non-hydrogen) atoms. The molecule has 0 aliphatic rings. The van der Waals surface area contributed by atoms with Crippen LogP contribution in [0.4, 0.5) is 5.69 Å². The normalized spacial score (nSPS) is 11.8. The van der Waals surface area contributed by atoms with Gasteiger partial charge in [0.2, 0.25) is 0 Å². The zero-order valence-corrected chi connectivity index (χ0v) is 11.2. The topological polar surface area (TPSA) is 69.6 Å². The van der Waals surface area contributed by atoms with Crippen molar-refractivity contribution in [2.45, 2.75) is 13.0 Å². The number of hydrogen-bond donors (Lipinski definition) is 2. The fourth-order valence-corrected chi connectivity index (χ4v) is 1.49. The summed E-state index contributed by atoms with van der Waals surface area (Å²) in [5.41, 5.74) is 0.878. The van der Waals surface area contributed by atoms with Crippen molar-refractivity contribution in [2.24, 2.45) is 0 Å². The van der Waals surface area contributed by atoms with Crippen LogP contribution < -0.4 is 5.32 Å². The van der Waals surface area contributed by atoms with E-state index in [1.54, 1.807) is 32.3 Å². The Kier molecular flexibility index (Phi) is 4.55. The van der Waals surface area contributed by atoms with Crippen molar-refractivity contribution in [1.82, 2.24) is 4.90 Å². The van der Waals surface area contributed by atoms with E-state index in [1.165, 1.54) is 11.8 Å². The lowest BCUT2D eigenvalue weighted by atomic mass is 10.1. The van der Waals surface area contributed by atoms with Crippen LogP contribution in [0.3, 0.4) is 0 Å². The van der Waals surface area contributed by atoms with Crippen molar-refractivity contribution in [3.63, 3.8) is 0 Å². The van der Waals surface area contributed by atoms with Gasteiger partial charge in [0.15, 0.2) is 0 Å². The van der Waals surface area contributed by atoms with Gasteiger partial charge in [-0.25, -0.2) is 0 Å². The van der Waals surface area contributed by atoms with Crippen LogP contribution in [-0.2, 0) is 4.79 Å². The van der Waals surface area contributed by atoms with Gasteiger partial charge in [0.25, 0.3) is 5.91 Å². The molecule has 1 atom stereocenters. The number of rotatable bonds is 4. The Balaban J connectivity index is 3.02. The van der Waals surface area contributed by atoms with Gasteiger partial charge in [-0.05, 0) is 25.1 Å². The van der Waals surface area contributed by atoms with Crippen LogP contribution in [0.15, 0.2) is 18.2 Å². The van der Waals surface area contributed by atoms with E-state index in [0.717, 1.165) is 0 Å². The molecule has 6 heteroatoms. The maximum atomic E-state index is 11.8. The molecule has 0 spiro atoms. The minimum Gasteiger partial charge on any atom is -0.480 e. The number of carbonyl (C=O) groups is 2. The number of carboxylic acid groups (broad SMARTS) is 1. The van der Waals surface area contributed by atoms with Crippen LogP contribution in [0.2, 0.25) is 5.02 Å². The van der Waals surface area contributed by atoms with E-state index in [0.29, 0.717) is 16.3 Å². The van der Waals surface area contributed by atoms with Crippen molar-refractivity contribution >= 4 is 29.2 Å². The van der Waals surface area contributed by atoms with Gasteiger partial charge in [-0.3, -0.25) is 9.59 Å². The molecule has 0 aliphatic heterocycles. The number of nitrogens with one attached hydrogen (secondary N) is 1. The van der Waals surface area contributed by atoms with Gasteiger partial charge >= 0.3 is 5.97 Å². The van der Waals surface area contributed by atoms with E-state index in [4.69, 9.17) is 16.7 Å². The average Bonchev–Trinajstić information content (AvgIpc) is 2.30. The summed E-state index contributed by atoms with van der Waals surface area (Å²) < 4.78 is 0. The van der Waals surface area contributed by atoms with E-state index < -0.39 is 12.0 Å². The van der Waals surface area contributed by atoms with Crippen molar-refractivity contribution in [2.75, 3.05) is 19.4 Å². The summed E-state index contributed by atoms with van der Waals surface area (Å²) in [6.07, 6.45) is 0. The number of aliphatic carboxylic acids is 1. The van der Waals surface area contributed by atoms with Gasteiger partial charge in [0, 0.05) is 19.7 Å². The highest BCUT2D eigenvalue weighted by atomic mass is 35.5. The standard InChI is InChI=1S/C12H15ClN2O3/c1-7(12(17)18)14-10-6-8(4-5-9(10)13)11(16)15(2)3/h4-7,14H,1-3H3,(H,17,18). The van der Waals surface area contributed by atoms with Crippen LogP contribution >= 0.6 is 11.6 Å². The average molecular weight is 271 g/mol. The van der Waals surface area contributed by atoms with E-state index in [9.17, 15) is 9.59 Å². The fourth-order valence-electron chi connectivity index (χ4n) is 1.32. The first-order valence-electron chi connectivity index (χ1n) is 5.33. The summed E-state index contributed by atoms with van der Waals surface area (Å²) in [5, 5.41) is 11.9. The molecule has 0 aromatic heterocycles. The first-order chi connectivity index (χ1) is 8.32. The van der Waals surface area contributed by atoms with Crippen molar-refractivity contribution in [1.29, 1.82) is 0 Å². The molecule has 1 unspecified atom stereocenters. The van der Waals surface area contributed by atoms with Crippen molar-refractivity contribution < 1.29 is 14.7 Å². The third-order valence-corrected chi connectivity index (χ3v) is 2.69. The molecule has 0 bridgehead atoms. The molecule has 1 aromatic rings. The Bertz CT molecular complexity index is 474. The molecular weight excluding hydrogens is 256 g/mol. The van der Waals surface area contributed by atoms with Crippen LogP contribution in [-0.4, -0.2) is 42.0 Å². The van der Waals surface area contributed by atoms with Gasteiger partial charge in [0.1, 0.15) is 6.04 Å². The smallest absolute Gasteiger partial charge is 0.325 e. The van der Waals surface area contributed by atoms with Gasteiger partial charge in [0.05, 0.1) is 10.7 Å². The highest BCUT2D eigenvalue weighted by molar-refractivity contribution is 6.33. The monoisotopic (exact) mass is 270 g/mol. The highest BCUT2D eigenvalue weighted by Gasteiger charge is 2.15. The highest BCUT2D eigenvalue weighted by Crippen LogP contribution is 2.24. The lowest BCUT2D eigenvalue weighted by Crippen LogP contribution is -2.26. The molecule has 0 saturated heterocycles. The minimum absolute atomic E-state index is 0.169. The molecule has 0 radical (unpaired) electrons. The zero-order valence-electron chi connectivity index (χ0n) is 10.4. The van der Waals surface area contributed by atoms with E-state index >= 15 is 0 Å². The molecule has 2 N–H and O–H groups in total. The van der Waals surface area contributed by atoms with Crippen LogP contribution in [0.5, 0.6) is 0 Å². The Morgan fingerprint density at radius 2 is 2.00 bits per heavy atom. The second kappa shape index (κ2) is 5.73. The summed E-state index contributed by atoms with van der Waals surface area (Å²) in [5.74, 6) is -1.16. The molecule has 5 nitrogen and oxygen atoms in total. The summed E-state index contributed by atoms with van der Waals surface area (Å²) in [7, 11) is 3.29. The second-order valence-electron chi connectivity index (χ2n) is 4.10. The van der Waals surface area contributed by atoms with Gasteiger partial charge in [-0.1, -0.05) is 11.6 Å². The summed E-state index contributed by atoms with van der Waals surface area (Å²) in [4.78, 5) is 24.0. The van der Waals surface area contributed by atoms with Crippen molar-refractivity contribution in [3.05, 3.63) is 28.8 Å². The number of carbonyl (C=O) groups excluding carboxylic acids is 1. The van der Waals surface area contributed by atoms with E-state index in [1.807, 2.05) is 0 Å². The number of hydrogen-bond acceptors (Lipinski definition) is 3.